The minimum atomic E-state index is -0.155. The third-order valence-electron chi connectivity index (χ3n) is 11.5. The molecule has 0 fully saturated rings. The van der Waals surface area contributed by atoms with Gasteiger partial charge in [-0.2, -0.15) is 0 Å². The van der Waals surface area contributed by atoms with Gasteiger partial charge in [0.05, 0.1) is 27.8 Å². The first-order chi connectivity index (χ1) is 25.1. The molecule has 8 aromatic carbocycles. The lowest BCUT2D eigenvalue weighted by molar-refractivity contribution is 0.657. The summed E-state index contributed by atoms with van der Waals surface area (Å²) >= 11 is 0. The summed E-state index contributed by atoms with van der Waals surface area (Å²) in [6, 6.07) is 62.7. The van der Waals surface area contributed by atoms with Crippen LogP contribution in [0, 0.1) is 0 Å². The quantitative estimate of drug-likeness (QED) is 0.180. The van der Waals surface area contributed by atoms with E-state index in [1.54, 1.807) is 0 Å². The Balaban J connectivity index is 1.16. The number of nitrogens with zero attached hydrogens (tertiary/aromatic N) is 2. The number of fused-ring (bicyclic) bond motifs is 11. The van der Waals surface area contributed by atoms with Gasteiger partial charge in [-0.15, -0.1) is 0 Å². The van der Waals surface area contributed by atoms with Crippen molar-refractivity contribution in [1.82, 2.24) is 9.13 Å². The number of aromatic nitrogens is 2. The Kier molecular flexibility index (Phi) is 5.76. The van der Waals surface area contributed by atoms with Crippen LogP contribution >= 0.6 is 0 Å². The second kappa shape index (κ2) is 10.3. The highest BCUT2D eigenvalue weighted by Crippen LogP contribution is 2.54. The van der Waals surface area contributed by atoms with E-state index in [0.29, 0.717) is 0 Å². The molecule has 2 heteroatoms. The standard InChI is InChI=1S/C49H34N2/c1-49(2)41-21-11-8-20-38(41)47-35-17-7-6-14-33(35)30-46(48(47)49)51-43-23-13-10-19-37(43)40-29-32(25-27-45(40)51)31-24-26-44-39(28-31)36-18-9-12-22-42(36)50(44)34-15-4-3-5-16-34/h3-30H,1-2H3. The van der Waals surface area contributed by atoms with Crippen LogP contribution in [0.1, 0.15) is 25.0 Å². The molecule has 1 aliphatic carbocycles. The van der Waals surface area contributed by atoms with Crippen LogP contribution in [0.5, 0.6) is 0 Å². The van der Waals surface area contributed by atoms with Crippen molar-refractivity contribution >= 4 is 54.4 Å². The molecule has 10 aromatic rings. The van der Waals surface area contributed by atoms with Gasteiger partial charge in [-0.1, -0.05) is 129 Å². The van der Waals surface area contributed by atoms with Crippen LogP contribution in [0.2, 0.25) is 0 Å². The predicted octanol–water partition coefficient (Wildman–Crippen LogP) is 13.0. The summed E-state index contributed by atoms with van der Waals surface area (Å²) < 4.78 is 4.91. The number of rotatable bonds is 3. The van der Waals surface area contributed by atoms with E-state index in [9.17, 15) is 0 Å². The maximum atomic E-state index is 2.53. The summed E-state index contributed by atoms with van der Waals surface area (Å²) in [5.74, 6) is 0. The van der Waals surface area contributed by atoms with Crippen molar-refractivity contribution in [3.8, 4) is 33.6 Å². The van der Waals surface area contributed by atoms with Gasteiger partial charge in [0.15, 0.2) is 0 Å². The molecule has 0 bridgehead atoms. The molecule has 1 aliphatic rings. The lowest BCUT2D eigenvalue weighted by atomic mass is 9.81. The van der Waals surface area contributed by atoms with E-state index in [-0.39, 0.29) is 5.41 Å². The van der Waals surface area contributed by atoms with E-state index in [1.165, 1.54) is 99.1 Å². The monoisotopic (exact) mass is 650 g/mol. The second-order valence-electron chi connectivity index (χ2n) is 14.5. The molecule has 240 valence electrons. The second-order valence-corrected chi connectivity index (χ2v) is 14.5. The Hall–Kier alpha value is -6.38. The zero-order valence-electron chi connectivity index (χ0n) is 28.6. The van der Waals surface area contributed by atoms with Crippen LogP contribution in [0.25, 0.3) is 88.0 Å². The molecule has 2 aromatic heterocycles. The summed E-state index contributed by atoms with van der Waals surface area (Å²) in [4.78, 5) is 0. The molecule has 0 saturated carbocycles. The van der Waals surface area contributed by atoms with Crippen molar-refractivity contribution in [2.24, 2.45) is 0 Å². The molecule has 11 rings (SSSR count). The zero-order valence-corrected chi connectivity index (χ0v) is 28.6. The van der Waals surface area contributed by atoms with Gasteiger partial charge in [-0.25, -0.2) is 0 Å². The Morgan fingerprint density at radius 3 is 1.65 bits per heavy atom. The zero-order chi connectivity index (χ0) is 33.8. The highest BCUT2D eigenvalue weighted by molar-refractivity contribution is 6.14. The molecule has 0 atom stereocenters. The van der Waals surface area contributed by atoms with Crippen molar-refractivity contribution in [1.29, 1.82) is 0 Å². The van der Waals surface area contributed by atoms with Crippen molar-refractivity contribution in [2.75, 3.05) is 0 Å². The molecular weight excluding hydrogens is 617 g/mol. The number of benzene rings is 8. The molecule has 51 heavy (non-hydrogen) atoms. The van der Waals surface area contributed by atoms with Crippen molar-refractivity contribution in [2.45, 2.75) is 19.3 Å². The van der Waals surface area contributed by atoms with Crippen molar-refractivity contribution in [3.63, 3.8) is 0 Å². The minimum absolute atomic E-state index is 0.155. The van der Waals surface area contributed by atoms with E-state index in [4.69, 9.17) is 0 Å². The van der Waals surface area contributed by atoms with Crippen LogP contribution in [0.3, 0.4) is 0 Å². The SMILES string of the molecule is CC1(C)c2ccccc2-c2c1c(-n1c3ccccc3c3cc(-c4ccc5c(c4)c4ccccc4n5-c4ccccc4)ccc31)cc1ccccc21. The average Bonchev–Trinajstić information content (AvgIpc) is 3.78. The van der Waals surface area contributed by atoms with Crippen LogP contribution < -0.4 is 0 Å². The molecule has 0 amide bonds. The van der Waals surface area contributed by atoms with Gasteiger partial charge in [0, 0.05) is 32.6 Å². The summed E-state index contributed by atoms with van der Waals surface area (Å²) in [6.07, 6.45) is 0. The number of hydrogen-bond donors (Lipinski definition) is 0. The van der Waals surface area contributed by atoms with Gasteiger partial charge in [-0.3, -0.25) is 0 Å². The predicted molar refractivity (Wildman–Crippen MR) is 216 cm³/mol. The lowest BCUT2D eigenvalue weighted by Gasteiger charge is -2.26. The average molecular weight is 651 g/mol. The molecule has 2 nitrogen and oxygen atoms in total. The molecule has 0 aliphatic heterocycles. The van der Waals surface area contributed by atoms with Crippen LogP contribution in [0.15, 0.2) is 170 Å². The van der Waals surface area contributed by atoms with Crippen LogP contribution in [-0.4, -0.2) is 9.13 Å². The van der Waals surface area contributed by atoms with E-state index in [2.05, 4.69) is 193 Å². The van der Waals surface area contributed by atoms with Gasteiger partial charge >= 0.3 is 0 Å². The Labute approximate surface area is 296 Å². The highest BCUT2D eigenvalue weighted by atomic mass is 15.0. The van der Waals surface area contributed by atoms with Gasteiger partial charge in [-0.05, 0) is 98.8 Å². The van der Waals surface area contributed by atoms with Crippen LogP contribution in [0.4, 0.5) is 0 Å². The molecule has 0 radical (unpaired) electrons. The maximum Gasteiger partial charge on any atom is 0.0541 e. The lowest BCUT2D eigenvalue weighted by Crippen LogP contribution is -2.18. The van der Waals surface area contributed by atoms with Gasteiger partial charge in [0.25, 0.3) is 0 Å². The topological polar surface area (TPSA) is 9.86 Å². The molecule has 0 unspecified atom stereocenters. The van der Waals surface area contributed by atoms with Gasteiger partial charge in [0.2, 0.25) is 0 Å². The summed E-state index contributed by atoms with van der Waals surface area (Å²) in [7, 11) is 0. The molecule has 0 spiro atoms. The summed E-state index contributed by atoms with van der Waals surface area (Å²) in [5, 5.41) is 7.66. The highest BCUT2D eigenvalue weighted by Gasteiger charge is 2.39. The van der Waals surface area contributed by atoms with E-state index in [0.717, 1.165) is 0 Å². The Morgan fingerprint density at radius 2 is 0.941 bits per heavy atom. The molecular formula is C49H34N2. The smallest absolute Gasteiger partial charge is 0.0541 e. The van der Waals surface area contributed by atoms with Crippen LogP contribution in [-0.2, 0) is 5.41 Å². The minimum Gasteiger partial charge on any atom is -0.309 e. The third-order valence-corrected chi connectivity index (χ3v) is 11.5. The first-order valence-electron chi connectivity index (χ1n) is 17.9. The molecule has 2 heterocycles. The van der Waals surface area contributed by atoms with Crippen molar-refractivity contribution in [3.05, 3.63) is 181 Å². The molecule has 0 saturated heterocycles. The Morgan fingerprint density at radius 1 is 0.412 bits per heavy atom. The van der Waals surface area contributed by atoms with Gasteiger partial charge in [0.1, 0.15) is 0 Å². The maximum absolute atomic E-state index is 2.53. The first kappa shape index (κ1) is 28.5. The fraction of sp³-hybridized carbons (Fsp3) is 0.0612. The fourth-order valence-corrected chi connectivity index (χ4v) is 9.22. The summed E-state index contributed by atoms with van der Waals surface area (Å²) in [6.45, 7) is 4.79. The fourth-order valence-electron chi connectivity index (χ4n) is 9.22. The Bertz CT molecular complexity index is 3040. The van der Waals surface area contributed by atoms with E-state index >= 15 is 0 Å². The number of para-hydroxylation sites is 3. The molecule has 0 N–H and O–H groups in total. The number of hydrogen-bond acceptors (Lipinski definition) is 0. The normalized spacial score (nSPS) is 13.5. The van der Waals surface area contributed by atoms with Crippen molar-refractivity contribution < 1.29 is 0 Å². The van der Waals surface area contributed by atoms with E-state index < -0.39 is 0 Å². The summed E-state index contributed by atoms with van der Waals surface area (Å²) in [5.41, 5.74) is 15.1. The largest absolute Gasteiger partial charge is 0.309 e. The first-order valence-corrected chi connectivity index (χ1v) is 17.9. The van der Waals surface area contributed by atoms with Gasteiger partial charge < -0.3 is 9.13 Å². The van der Waals surface area contributed by atoms with E-state index in [1.807, 2.05) is 0 Å². The third kappa shape index (κ3) is 3.88.